The van der Waals surface area contributed by atoms with Crippen molar-refractivity contribution in [3.8, 4) is 17.5 Å². The zero-order chi connectivity index (χ0) is 22.2. The minimum atomic E-state index is -0.111. The maximum absolute atomic E-state index is 12.3. The van der Waals surface area contributed by atoms with Crippen LogP contribution in [-0.2, 0) is 17.0 Å². The summed E-state index contributed by atoms with van der Waals surface area (Å²) in [6.45, 7) is 0. The Morgan fingerprint density at radius 3 is 2.72 bits per heavy atom. The minimum Gasteiger partial charge on any atom is -0.411 e. The molecule has 0 radical (unpaired) electrons. The van der Waals surface area contributed by atoms with E-state index in [1.807, 2.05) is 48.5 Å². The molecule has 0 aliphatic carbocycles. The minimum absolute atomic E-state index is 0.111. The van der Waals surface area contributed by atoms with Crippen LogP contribution in [0.4, 0.5) is 5.82 Å². The Morgan fingerprint density at radius 1 is 1.03 bits per heavy atom. The van der Waals surface area contributed by atoms with Crippen molar-refractivity contribution in [1.29, 1.82) is 5.26 Å². The molecule has 1 amide bonds. The van der Waals surface area contributed by atoms with E-state index in [0.717, 1.165) is 11.1 Å². The van der Waals surface area contributed by atoms with Gasteiger partial charge in [0.15, 0.2) is 0 Å². The van der Waals surface area contributed by atoms with Gasteiger partial charge in [-0.25, -0.2) is 4.98 Å². The van der Waals surface area contributed by atoms with E-state index < -0.39 is 0 Å². The molecule has 0 aliphatic rings. The molecule has 7 nitrogen and oxygen atoms in total. The Morgan fingerprint density at radius 2 is 1.88 bits per heavy atom. The van der Waals surface area contributed by atoms with Crippen molar-refractivity contribution in [2.24, 2.45) is 0 Å². The molecular formula is C24H19N5O2S. The molecular weight excluding hydrogens is 422 g/mol. The second-order valence-electron chi connectivity index (χ2n) is 6.94. The zero-order valence-corrected chi connectivity index (χ0v) is 17.9. The largest absolute Gasteiger partial charge is 0.411 e. The Kier molecular flexibility index (Phi) is 6.90. The molecule has 0 atom stereocenters. The number of thioether (sulfide) groups is 1. The maximum Gasteiger partial charge on any atom is 0.277 e. The number of aromatic nitrogens is 3. The molecule has 2 aromatic carbocycles. The van der Waals surface area contributed by atoms with E-state index in [-0.39, 0.29) is 5.91 Å². The standard InChI is InChI=1S/C24H19N5O2S/c25-15-18-7-4-8-19(13-18)16-32-24-29-28-23(31-24)20-11-12-26-21(14-20)27-22(30)10-9-17-5-2-1-3-6-17/h1-8,11-14H,9-10,16H2,(H,26,27,30). The van der Waals surface area contributed by atoms with Crippen LogP contribution in [0.5, 0.6) is 0 Å². The van der Waals surface area contributed by atoms with Crippen LogP contribution < -0.4 is 5.32 Å². The molecule has 2 heterocycles. The van der Waals surface area contributed by atoms with Crippen LogP contribution in [-0.4, -0.2) is 21.1 Å². The first-order valence-corrected chi connectivity index (χ1v) is 10.9. The van der Waals surface area contributed by atoms with Gasteiger partial charge in [-0.15, -0.1) is 10.2 Å². The van der Waals surface area contributed by atoms with Gasteiger partial charge >= 0.3 is 0 Å². The molecule has 8 heteroatoms. The third-order valence-corrected chi connectivity index (χ3v) is 5.47. The molecule has 0 saturated carbocycles. The number of hydrogen-bond acceptors (Lipinski definition) is 7. The molecule has 158 valence electrons. The topological polar surface area (TPSA) is 105 Å². The van der Waals surface area contributed by atoms with Crippen molar-refractivity contribution in [1.82, 2.24) is 15.2 Å². The van der Waals surface area contributed by atoms with Crippen LogP contribution >= 0.6 is 11.8 Å². The van der Waals surface area contributed by atoms with Gasteiger partial charge in [0.25, 0.3) is 5.22 Å². The average Bonchev–Trinajstić information content (AvgIpc) is 3.32. The molecule has 0 spiro atoms. The van der Waals surface area contributed by atoms with Crippen LogP contribution in [0, 0.1) is 11.3 Å². The van der Waals surface area contributed by atoms with Crippen LogP contribution in [0.3, 0.4) is 0 Å². The van der Waals surface area contributed by atoms with Gasteiger partial charge in [-0.3, -0.25) is 4.79 Å². The first-order valence-electron chi connectivity index (χ1n) is 9.95. The molecule has 0 aliphatic heterocycles. The third-order valence-electron chi connectivity index (χ3n) is 4.58. The van der Waals surface area contributed by atoms with Gasteiger partial charge in [-0.1, -0.05) is 54.2 Å². The highest BCUT2D eigenvalue weighted by atomic mass is 32.2. The number of nitriles is 1. The zero-order valence-electron chi connectivity index (χ0n) is 17.1. The molecule has 2 aromatic heterocycles. The number of nitrogens with zero attached hydrogens (tertiary/aromatic N) is 4. The van der Waals surface area contributed by atoms with Crippen LogP contribution in [0.15, 0.2) is 82.6 Å². The van der Waals surface area contributed by atoms with E-state index in [0.29, 0.717) is 46.7 Å². The van der Waals surface area contributed by atoms with E-state index in [9.17, 15) is 4.79 Å². The van der Waals surface area contributed by atoms with Crippen LogP contribution in [0.1, 0.15) is 23.1 Å². The molecule has 1 N–H and O–H groups in total. The molecule has 0 saturated heterocycles. The average molecular weight is 442 g/mol. The first kappa shape index (κ1) is 21.3. The number of carbonyl (C=O) groups excluding carboxylic acids is 1. The smallest absolute Gasteiger partial charge is 0.277 e. The van der Waals surface area contributed by atoms with E-state index in [1.165, 1.54) is 11.8 Å². The van der Waals surface area contributed by atoms with E-state index in [2.05, 4.69) is 26.6 Å². The van der Waals surface area contributed by atoms with E-state index in [1.54, 1.807) is 24.4 Å². The summed E-state index contributed by atoms with van der Waals surface area (Å²) in [4.78, 5) is 16.5. The number of nitrogens with one attached hydrogen (secondary N) is 1. The molecule has 0 unspecified atom stereocenters. The first-order chi connectivity index (χ1) is 15.7. The van der Waals surface area contributed by atoms with Gasteiger partial charge in [0.1, 0.15) is 5.82 Å². The normalized spacial score (nSPS) is 10.5. The monoisotopic (exact) mass is 441 g/mol. The molecule has 4 aromatic rings. The second-order valence-corrected chi connectivity index (χ2v) is 7.86. The number of rotatable bonds is 8. The summed E-state index contributed by atoms with van der Waals surface area (Å²) in [5.41, 5.74) is 3.39. The fourth-order valence-corrected chi connectivity index (χ4v) is 3.71. The lowest BCUT2D eigenvalue weighted by atomic mass is 10.1. The Balaban J connectivity index is 1.35. The Bertz CT molecular complexity index is 1250. The van der Waals surface area contributed by atoms with Crippen molar-refractivity contribution in [3.63, 3.8) is 0 Å². The van der Waals surface area contributed by atoms with Crippen molar-refractivity contribution >= 4 is 23.5 Å². The lowest BCUT2D eigenvalue weighted by Gasteiger charge is -2.05. The van der Waals surface area contributed by atoms with Crippen LogP contribution in [0.25, 0.3) is 11.5 Å². The summed E-state index contributed by atoms with van der Waals surface area (Å²) in [6.07, 6.45) is 2.62. The SMILES string of the molecule is N#Cc1cccc(CSc2nnc(-c3ccnc(NC(=O)CCc4ccccc4)c3)o2)c1. The Labute approximate surface area is 189 Å². The van der Waals surface area contributed by atoms with Gasteiger partial charge < -0.3 is 9.73 Å². The lowest BCUT2D eigenvalue weighted by Crippen LogP contribution is -2.13. The molecule has 0 fully saturated rings. The number of hydrogen-bond donors (Lipinski definition) is 1. The quantitative estimate of drug-likeness (QED) is 0.389. The van der Waals surface area contributed by atoms with Crippen molar-refractivity contribution in [2.45, 2.75) is 23.8 Å². The van der Waals surface area contributed by atoms with Gasteiger partial charge in [0.2, 0.25) is 11.8 Å². The Hall–Kier alpha value is -3.96. The van der Waals surface area contributed by atoms with Crippen molar-refractivity contribution in [3.05, 3.63) is 89.6 Å². The van der Waals surface area contributed by atoms with Crippen LogP contribution in [0.2, 0.25) is 0 Å². The molecule has 4 rings (SSSR count). The van der Waals surface area contributed by atoms with Crippen molar-refractivity contribution < 1.29 is 9.21 Å². The highest BCUT2D eigenvalue weighted by Crippen LogP contribution is 2.26. The number of amides is 1. The summed E-state index contributed by atoms with van der Waals surface area (Å²) in [5.74, 6) is 1.28. The molecule has 0 bridgehead atoms. The maximum atomic E-state index is 12.3. The third kappa shape index (κ3) is 5.80. The fraction of sp³-hybridized carbons (Fsp3) is 0.125. The lowest BCUT2D eigenvalue weighted by molar-refractivity contribution is -0.116. The van der Waals surface area contributed by atoms with Crippen molar-refractivity contribution in [2.75, 3.05) is 5.32 Å². The summed E-state index contributed by atoms with van der Waals surface area (Å²) in [7, 11) is 0. The van der Waals surface area contributed by atoms with E-state index >= 15 is 0 Å². The number of carbonyl (C=O) groups is 1. The summed E-state index contributed by atoms with van der Waals surface area (Å²) < 4.78 is 5.75. The summed E-state index contributed by atoms with van der Waals surface area (Å²) in [5, 5.41) is 20.4. The van der Waals surface area contributed by atoms with Gasteiger partial charge in [0, 0.05) is 23.9 Å². The highest BCUT2D eigenvalue weighted by molar-refractivity contribution is 7.98. The number of pyridine rings is 1. The van der Waals surface area contributed by atoms with Gasteiger partial charge in [-0.05, 0) is 41.8 Å². The number of aryl methyl sites for hydroxylation is 1. The summed E-state index contributed by atoms with van der Waals surface area (Å²) in [6, 6.07) is 22.8. The predicted octanol–water partition coefficient (Wildman–Crippen LogP) is 4.87. The highest BCUT2D eigenvalue weighted by Gasteiger charge is 2.12. The molecule has 32 heavy (non-hydrogen) atoms. The summed E-state index contributed by atoms with van der Waals surface area (Å²) >= 11 is 1.39. The second kappa shape index (κ2) is 10.4. The fourth-order valence-electron chi connectivity index (χ4n) is 3.00. The number of benzene rings is 2. The van der Waals surface area contributed by atoms with Gasteiger partial charge in [0.05, 0.1) is 11.6 Å². The number of anilines is 1. The van der Waals surface area contributed by atoms with E-state index in [4.69, 9.17) is 9.68 Å². The van der Waals surface area contributed by atoms with Gasteiger partial charge in [-0.2, -0.15) is 5.26 Å². The predicted molar refractivity (Wildman–Crippen MR) is 122 cm³/mol.